The standard InChI is InChI=1S/C11H11F3N2O4/c1-4(17)9(10(18)19)16-11(20)15-5-2-6(12)8(14)7(13)3-5/h2-4,9,17H,1H3,(H,18,19)(H2,15,16,20)/t4-,9+/m1/s1. The summed E-state index contributed by atoms with van der Waals surface area (Å²) in [6.45, 7) is 1.14. The molecule has 0 aliphatic carbocycles. The average Bonchev–Trinajstić information content (AvgIpc) is 2.32. The van der Waals surface area contributed by atoms with Crippen LogP contribution in [0.1, 0.15) is 6.92 Å². The Labute approximate surface area is 111 Å². The maximum atomic E-state index is 12.9. The first-order chi connectivity index (χ1) is 9.22. The molecule has 4 N–H and O–H groups in total. The van der Waals surface area contributed by atoms with Gasteiger partial charge in [-0.25, -0.2) is 22.8 Å². The molecule has 20 heavy (non-hydrogen) atoms. The van der Waals surface area contributed by atoms with Crippen LogP contribution in [0.2, 0.25) is 0 Å². The van der Waals surface area contributed by atoms with Crippen molar-refractivity contribution in [2.45, 2.75) is 19.1 Å². The highest BCUT2D eigenvalue weighted by molar-refractivity contribution is 5.92. The van der Waals surface area contributed by atoms with Gasteiger partial charge in [0.15, 0.2) is 23.5 Å². The van der Waals surface area contributed by atoms with Gasteiger partial charge in [0.1, 0.15) is 0 Å². The first-order valence-electron chi connectivity index (χ1n) is 5.35. The Morgan fingerprint density at radius 2 is 1.70 bits per heavy atom. The molecule has 0 saturated heterocycles. The Morgan fingerprint density at radius 1 is 1.20 bits per heavy atom. The number of halogens is 3. The fraction of sp³-hybridized carbons (Fsp3) is 0.273. The number of rotatable bonds is 4. The number of amides is 2. The van der Waals surface area contributed by atoms with Crippen LogP contribution in [0.4, 0.5) is 23.7 Å². The van der Waals surface area contributed by atoms with Crippen molar-refractivity contribution in [2.75, 3.05) is 5.32 Å². The minimum atomic E-state index is -1.69. The van der Waals surface area contributed by atoms with Crippen LogP contribution in [0.15, 0.2) is 12.1 Å². The predicted molar refractivity (Wildman–Crippen MR) is 61.6 cm³/mol. The number of aliphatic carboxylic acids is 1. The van der Waals surface area contributed by atoms with E-state index in [9.17, 15) is 22.8 Å². The molecule has 0 heterocycles. The molecular formula is C11H11F3N2O4. The lowest BCUT2D eigenvalue weighted by Crippen LogP contribution is -2.49. The molecule has 1 aromatic carbocycles. The molecule has 2 amide bonds. The van der Waals surface area contributed by atoms with Crippen molar-refractivity contribution in [1.82, 2.24) is 5.32 Å². The van der Waals surface area contributed by atoms with Crippen LogP contribution >= 0.6 is 0 Å². The molecule has 1 aromatic rings. The van der Waals surface area contributed by atoms with E-state index in [4.69, 9.17) is 10.2 Å². The van der Waals surface area contributed by atoms with Gasteiger partial charge in [-0.05, 0) is 6.92 Å². The van der Waals surface area contributed by atoms with E-state index in [1.807, 2.05) is 10.6 Å². The van der Waals surface area contributed by atoms with Gasteiger partial charge >= 0.3 is 12.0 Å². The van der Waals surface area contributed by atoms with Crippen LogP contribution in [-0.4, -0.2) is 34.4 Å². The molecule has 1 rings (SSSR count). The highest BCUT2D eigenvalue weighted by Gasteiger charge is 2.25. The summed E-state index contributed by atoms with van der Waals surface area (Å²) in [5.74, 6) is -6.20. The van der Waals surface area contributed by atoms with Crippen molar-refractivity contribution in [3.05, 3.63) is 29.6 Å². The number of carbonyl (C=O) groups excluding carboxylic acids is 1. The van der Waals surface area contributed by atoms with Crippen LogP contribution in [-0.2, 0) is 4.79 Å². The van der Waals surface area contributed by atoms with Gasteiger partial charge in [-0.15, -0.1) is 0 Å². The second-order valence-electron chi connectivity index (χ2n) is 3.91. The number of carbonyl (C=O) groups is 2. The molecular weight excluding hydrogens is 281 g/mol. The van der Waals surface area contributed by atoms with E-state index in [1.165, 1.54) is 0 Å². The summed E-state index contributed by atoms with van der Waals surface area (Å²) in [6, 6.07) is -1.68. The Kier molecular flexibility index (Phi) is 4.92. The van der Waals surface area contributed by atoms with Gasteiger partial charge < -0.3 is 20.8 Å². The van der Waals surface area contributed by atoms with Gasteiger partial charge in [0, 0.05) is 17.8 Å². The largest absolute Gasteiger partial charge is 0.480 e. The van der Waals surface area contributed by atoms with Crippen molar-refractivity contribution < 1.29 is 33.0 Å². The summed E-state index contributed by atoms with van der Waals surface area (Å²) in [7, 11) is 0. The number of benzene rings is 1. The van der Waals surface area contributed by atoms with Crippen molar-refractivity contribution in [1.29, 1.82) is 0 Å². The number of nitrogens with one attached hydrogen (secondary N) is 2. The number of hydrogen-bond donors (Lipinski definition) is 4. The van der Waals surface area contributed by atoms with Crippen molar-refractivity contribution in [3.63, 3.8) is 0 Å². The molecule has 110 valence electrons. The van der Waals surface area contributed by atoms with Crippen LogP contribution in [0.25, 0.3) is 0 Å². The van der Waals surface area contributed by atoms with Gasteiger partial charge in [0.05, 0.1) is 6.10 Å². The zero-order chi connectivity index (χ0) is 15.4. The minimum absolute atomic E-state index is 0.409. The summed E-state index contributed by atoms with van der Waals surface area (Å²) in [6.07, 6.45) is -1.39. The van der Waals surface area contributed by atoms with Crippen molar-refractivity contribution in [3.8, 4) is 0 Å². The normalized spacial score (nSPS) is 13.4. The third-order valence-electron chi connectivity index (χ3n) is 2.28. The fourth-order valence-electron chi connectivity index (χ4n) is 1.32. The van der Waals surface area contributed by atoms with E-state index < -0.39 is 47.3 Å². The van der Waals surface area contributed by atoms with E-state index in [0.717, 1.165) is 6.92 Å². The van der Waals surface area contributed by atoms with Crippen molar-refractivity contribution in [2.24, 2.45) is 0 Å². The molecule has 2 atom stereocenters. The Hall–Kier alpha value is -2.29. The molecule has 0 aromatic heterocycles. The van der Waals surface area contributed by atoms with Crippen molar-refractivity contribution >= 4 is 17.7 Å². The Morgan fingerprint density at radius 3 is 2.10 bits per heavy atom. The minimum Gasteiger partial charge on any atom is -0.480 e. The molecule has 0 fully saturated rings. The molecule has 0 saturated carbocycles. The van der Waals surface area contributed by atoms with Crippen LogP contribution in [0, 0.1) is 17.5 Å². The molecule has 0 spiro atoms. The number of hydrogen-bond acceptors (Lipinski definition) is 3. The summed E-state index contributed by atoms with van der Waals surface area (Å²) < 4.78 is 38.5. The molecule has 9 heteroatoms. The summed E-state index contributed by atoms with van der Waals surface area (Å²) >= 11 is 0. The maximum Gasteiger partial charge on any atom is 0.328 e. The molecule has 0 aliphatic heterocycles. The zero-order valence-corrected chi connectivity index (χ0v) is 10.2. The number of carboxylic acid groups (broad SMARTS) is 1. The summed E-state index contributed by atoms with van der Waals surface area (Å²) in [5.41, 5.74) is -0.409. The van der Waals surface area contributed by atoms with E-state index in [1.54, 1.807) is 0 Å². The first kappa shape index (κ1) is 15.8. The molecule has 0 bridgehead atoms. The number of urea groups is 1. The number of aliphatic hydroxyl groups excluding tert-OH is 1. The predicted octanol–water partition coefficient (Wildman–Crippen LogP) is 1.06. The van der Waals surface area contributed by atoms with E-state index >= 15 is 0 Å². The van der Waals surface area contributed by atoms with Gasteiger partial charge in [-0.1, -0.05) is 0 Å². The Balaban J connectivity index is 2.78. The zero-order valence-electron chi connectivity index (χ0n) is 10.2. The Bertz CT molecular complexity index is 513. The van der Waals surface area contributed by atoms with Gasteiger partial charge in [-0.2, -0.15) is 0 Å². The number of anilines is 1. The smallest absolute Gasteiger partial charge is 0.328 e. The second-order valence-corrected chi connectivity index (χ2v) is 3.91. The monoisotopic (exact) mass is 292 g/mol. The van der Waals surface area contributed by atoms with E-state index in [-0.39, 0.29) is 0 Å². The summed E-state index contributed by atoms with van der Waals surface area (Å²) in [5, 5.41) is 21.6. The molecule has 0 unspecified atom stereocenters. The number of carboxylic acids is 1. The van der Waals surface area contributed by atoms with Crippen LogP contribution in [0.3, 0.4) is 0 Å². The quantitative estimate of drug-likeness (QED) is 0.624. The fourth-order valence-corrected chi connectivity index (χ4v) is 1.32. The highest BCUT2D eigenvalue weighted by Crippen LogP contribution is 2.17. The van der Waals surface area contributed by atoms with E-state index in [0.29, 0.717) is 12.1 Å². The average molecular weight is 292 g/mol. The summed E-state index contributed by atoms with van der Waals surface area (Å²) in [4.78, 5) is 22.1. The van der Waals surface area contributed by atoms with Crippen LogP contribution in [0.5, 0.6) is 0 Å². The van der Waals surface area contributed by atoms with E-state index in [2.05, 4.69) is 0 Å². The van der Waals surface area contributed by atoms with Crippen LogP contribution < -0.4 is 10.6 Å². The molecule has 0 radical (unpaired) electrons. The highest BCUT2D eigenvalue weighted by atomic mass is 19.2. The second kappa shape index (κ2) is 6.24. The third-order valence-corrected chi connectivity index (χ3v) is 2.28. The molecule has 0 aliphatic rings. The number of aliphatic hydroxyl groups is 1. The van der Waals surface area contributed by atoms with Gasteiger partial charge in [0.2, 0.25) is 0 Å². The SMILES string of the molecule is C[C@@H](O)[C@H](NC(=O)Nc1cc(F)c(F)c(F)c1)C(=O)O. The lowest BCUT2D eigenvalue weighted by molar-refractivity contribution is -0.141. The van der Waals surface area contributed by atoms with Gasteiger partial charge in [-0.3, -0.25) is 0 Å². The topological polar surface area (TPSA) is 98.7 Å². The third kappa shape index (κ3) is 3.85. The lowest BCUT2D eigenvalue weighted by Gasteiger charge is -2.17. The molecule has 6 nitrogen and oxygen atoms in total. The van der Waals surface area contributed by atoms with Gasteiger partial charge in [0.25, 0.3) is 0 Å². The lowest BCUT2D eigenvalue weighted by atomic mass is 10.2. The first-order valence-corrected chi connectivity index (χ1v) is 5.35. The maximum absolute atomic E-state index is 12.9.